The lowest BCUT2D eigenvalue weighted by Gasteiger charge is -2.10. The molecule has 0 bridgehead atoms. The number of hydrogen-bond acceptors (Lipinski definition) is 9. The van der Waals surface area contributed by atoms with E-state index in [0.29, 0.717) is 21.8 Å². The topological polar surface area (TPSA) is 96.8 Å². The standard InChI is InChI=1S/C19H19ClN2O6S/c1-4-27-16(23)9-6-10-28-18(24)17-12(20)7-5-8-13(17)29-19-21-14(25-2)11-15(22-19)26-3/h5-9,11H,4,10H2,1-3H3/b9-6+. The van der Waals surface area contributed by atoms with Crippen LogP contribution in [0.1, 0.15) is 17.3 Å². The molecule has 2 aromatic rings. The zero-order valence-corrected chi connectivity index (χ0v) is 17.6. The summed E-state index contributed by atoms with van der Waals surface area (Å²) in [6.45, 7) is 1.85. The minimum Gasteiger partial charge on any atom is -0.481 e. The van der Waals surface area contributed by atoms with Crippen LogP contribution in [-0.4, -0.2) is 49.3 Å². The van der Waals surface area contributed by atoms with Crippen molar-refractivity contribution in [2.75, 3.05) is 27.4 Å². The zero-order chi connectivity index (χ0) is 21.2. The van der Waals surface area contributed by atoms with Gasteiger partial charge in [0.15, 0.2) is 5.16 Å². The Morgan fingerprint density at radius 2 is 1.83 bits per heavy atom. The first kappa shape index (κ1) is 22.5. The molecule has 0 fully saturated rings. The fourth-order valence-corrected chi connectivity index (χ4v) is 3.27. The lowest BCUT2D eigenvalue weighted by atomic mass is 10.2. The maximum absolute atomic E-state index is 12.5. The fourth-order valence-electron chi connectivity index (χ4n) is 2.06. The van der Waals surface area contributed by atoms with Crippen molar-refractivity contribution >= 4 is 35.3 Å². The number of aromatic nitrogens is 2. The molecule has 2 rings (SSSR count). The van der Waals surface area contributed by atoms with E-state index in [2.05, 4.69) is 9.97 Å². The Morgan fingerprint density at radius 1 is 1.14 bits per heavy atom. The van der Waals surface area contributed by atoms with Crippen LogP contribution in [-0.2, 0) is 14.3 Å². The summed E-state index contributed by atoms with van der Waals surface area (Å²) >= 11 is 7.32. The third kappa shape index (κ3) is 6.65. The molecule has 154 valence electrons. The highest BCUT2D eigenvalue weighted by Crippen LogP contribution is 2.34. The first-order chi connectivity index (χ1) is 14.0. The van der Waals surface area contributed by atoms with Crippen molar-refractivity contribution in [2.24, 2.45) is 0 Å². The van der Waals surface area contributed by atoms with E-state index in [1.165, 1.54) is 32.4 Å². The molecule has 0 spiro atoms. The maximum atomic E-state index is 12.5. The minimum absolute atomic E-state index is 0.115. The Hall–Kier alpha value is -2.78. The second-order valence-corrected chi connectivity index (χ2v) is 6.62. The summed E-state index contributed by atoms with van der Waals surface area (Å²) in [5.41, 5.74) is 0.161. The second-order valence-electron chi connectivity index (χ2n) is 5.20. The van der Waals surface area contributed by atoms with Crippen LogP contribution in [0.3, 0.4) is 0 Å². The van der Waals surface area contributed by atoms with Gasteiger partial charge in [-0.3, -0.25) is 0 Å². The van der Waals surface area contributed by atoms with Crippen molar-refractivity contribution < 1.29 is 28.5 Å². The SMILES string of the molecule is CCOC(=O)/C=C/COC(=O)c1c(Cl)cccc1Sc1nc(OC)cc(OC)n1. The number of halogens is 1. The first-order valence-electron chi connectivity index (χ1n) is 8.42. The van der Waals surface area contributed by atoms with Crippen LogP contribution in [0, 0.1) is 0 Å². The van der Waals surface area contributed by atoms with Crippen molar-refractivity contribution in [1.82, 2.24) is 9.97 Å². The normalized spacial score (nSPS) is 10.6. The third-order valence-electron chi connectivity index (χ3n) is 3.31. The van der Waals surface area contributed by atoms with E-state index in [9.17, 15) is 9.59 Å². The summed E-state index contributed by atoms with van der Waals surface area (Å²) in [4.78, 5) is 32.7. The monoisotopic (exact) mass is 438 g/mol. The lowest BCUT2D eigenvalue weighted by Crippen LogP contribution is -2.08. The predicted molar refractivity (Wildman–Crippen MR) is 107 cm³/mol. The minimum atomic E-state index is -0.651. The molecule has 0 N–H and O–H groups in total. The van der Waals surface area contributed by atoms with Gasteiger partial charge in [0.2, 0.25) is 11.8 Å². The quantitative estimate of drug-likeness (QED) is 0.330. The number of hydrogen-bond donors (Lipinski definition) is 0. The van der Waals surface area contributed by atoms with Crippen molar-refractivity contribution in [3.05, 3.63) is 47.0 Å². The summed E-state index contributed by atoms with van der Waals surface area (Å²) in [5.74, 6) is -0.535. The van der Waals surface area contributed by atoms with Gasteiger partial charge in [0.25, 0.3) is 0 Å². The highest BCUT2D eigenvalue weighted by atomic mass is 35.5. The molecule has 29 heavy (non-hydrogen) atoms. The van der Waals surface area contributed by atoms with Crippen LogP contribution < -0.4 is 9.47 Å². The van der Waals surface area contributed by atoms with Crippen molar-refractivity contribution in [3.63, 3.8) is 0 Å². The molecule has 8 nitrogen and oxygen atoms in total. The molecule has 0 atom stereocenters. The fraction of sp³-hybridized carbons (Fsp3) is 0.263. The summed E-state index contributed by atoms with van der Waals surface area (Å²) in [6, 6.07) is 6.49. The Bertz CT molecular complexity index is 884. The molecule has 0 unspecified atom stereocenters. The van der Waals surface area contributed by atoms with Crippen molar-refractivity contribution in [3.8, 4) is 11.8 Å². The molecule has 1 heterocycles. The van der Waals surface area contributed by atoms with Gasteiger partial charge in [0, 0.05) is 11.0 Å². The average Bonchev–Trinajstić information content (AvgIpc) is 2.71. The molecule has 0 radical (unpaired) electrons. The summed E-state index contributed by atoms with van der Waals surface area (Å²) in [6.07, 6.45) is 2.57. The van der Waals surface area contributed by atoms with E-state index in [1.54, 1.807) is 25.1 Å². The van der Waals surface area contributed by atoms with E-state index in [4.69, 9.17) is 30.5 Å². The molecule has 1 aromatic carbocycles. The van der Waals surface area contributed by atoms with Gasteiger partial charge in [-0.05, 0) is 36.9 Å². The lowest BCUT2D eigenvalue weighted by molar-refractivity contribution is -0.137. The Labute approximate surface area is 177 Å². The van der Waals surface area contributed by atoms with Crippen LogP contribution in [0.2, 0.25) is 5.02 Å². The molecule has 0 amide bonds. The highest BCUT2D eigenvalue weighted by molar-refractivity contribution is 7.99. The van der Waals surface area contributed by atoms with Gasteiger partial charge in [-0.2, -0.15) is 9.97 Å². The number of nitrogens with zero attached hydrogens (tertiary/aromatic N) is 2. The average molecular weight is 439 g/mol. The van der Waals surface area contributed by atoms with Crippen LogP contribution >= 0.6 is 23.4 Å². The number of carbonyl (C=O) groups excluding carboxylic acids is 2. The number of rotatable bonds is 9. The molecule has 1 aromatic heterocycles. The van der Waals surface area contributed by atoms with Crippen LogP contribution in [0.4, 0.5) is 0 Å². The van der Waals surface area contributed by atoms with Gasteiger partial charge in [-0.15, -0.1) is 0 Å². The Morgan fingerprint density at radius 3 is 2.45 bits per heavy atom. The van der Waals surface area contributed by atoms with Gasteiger partial charge in [-0.25, -0.2) is 9.59 Å². The number of carbonyl (C=O) groups is 2. The van der Waals surface area contributed by atoms with Crippen molar-refractivity contribution in [1.29, 1.82) is 0 Å². The van der Waals surface area contributed by atoms with E-state index >= 15 is 0 Å². The summed E-state index contributed by atoms with van der Waals surface area (Å²) in [5, 5.41) is 0.518. The molecule has 10 heteroatoms. The van der Waals surface area contributed by atoms with Crippen molar-refractivity contribution in [2.45, 2.75) is 17.0 Å². The largest absolute Gasteiger partial charge is 0.481 e. The van der Waals surface area contributed by atoms with E-state index in [1.807, 2.05) is 0 Å². The molecule has 0 aliphatic rings. The van der Waals surface area contributed by atoms with Crippen LogP contribution in [0.15, 0.2) is 46.5 Å². The Balaban J connectivity index is 2.18. The summed E-state index contributed by atoms with van der Waals surface area (Å²) < 4.78 is 20.2. The number of esters is 2. The van der Waals surface area contributed by atoms with Crippen LogP contribution in [0.5, 0.6) is 11.8 Å². The van der Waals surface area contributed by atoms with Gasteiger partial charge in [0.05, 0.1) is 37.5 Å². The number of ether oxygens (including phenoxy) is 4. The molecule has 0 saturated heterocycles. The van der Waals surface area contributed by atoms with E-state index < -0.39 is 11.9 Å². The smallest absolute Gasteiger partial charge is 0.341 e. The molecular formula is C19H19ClN2O6S. The first-order valence-corrected chi connectivity index (χ1v) is 9.61. The maximum Gasteiger partial charge on any atom is 0.341 e. The van der Waals surface area contributed by atoms with Gasteiger partial charge >= 0.3 is 11.9 Å². The molecular weight excluding hydrogens is 420 g/mol. The van der Waals surface area contributed by atoms with E-state index in [-0.39, 0.29) is 23.8 Å². The third-order valence-corrected chi connectivity index (χ3v) is 4.55. The van der Waals surface area contributed by atoms with Gasteiger partial charge in [-0.1, -0.05) is 17.7 Å². The number of methoxy groups -OCH3 is 2. The van der Waals surface area contributed by atoms with Crippen LogP contribution in [0.25, 0.3) is 0 Å². The zero-order valence-electron chi connectivity index (χ0n) is 16.0. The predicted octanol–water partition coefficient (Wildman–Crippen LogP) is 3.57. The summed E-state index contributed by atoms with van der Waals surface area (Å²) in [7, 11) is 2.95. The molecule has 0 aliphatic heterocycles. The van der Waals surface area contributed by atoms with Gasteiger partial charge in [0.1, 0.15) is 6.61 Å². The van der Waals surface area contributed by atoms with Gasteiger partial charge < -0.3 is 18.9 Å². The Kier molecular flexibility index (Phi) is 8.75. The second kappa shape index (κ2) is 11.3. The molecule has 0 aliphatic carbocycles. The highest BCUT2D eigenvalue weighted by Gasteiger charge is 2.19. The number of benzene rings is 1. The molecule has 0 saturated carbocycles. The van der Waals surface area contributed by atoms with E-state index in [0.717, 1.165) is 11.8 Å².